The van der Waals surface area contributed by atoms with Gasteiger partial charge in [0.25, 0.3) is 5.56 Å². The minimum atomic E-state index is -0.342. The average Bonchev–Trinajstić information content (AvgIpc) is 3.09. The highest BCUT2D eigenvalue weighted by atomic mass is 19.1. The topological polar surface area (TPSA) is 75.0 Å². The molecule has 1 N–H and O–H groups in total. The molecule has 8 rings (SSSR count). The number of aryl methyl sites for hydroxylation is 2. The first-order valence-corrected chi connectivity index (χ1v) is 17.4. The number of aliphatic imine (C=N–C) groups is 1. The van der Waals surface area contributed by atoms with Gasteiger partial charge in [-0.3, -0.25) is 14.3 Å². The number of fused-ring (bicyclic) bond motifs is 3. The van der Waals surface area contributed by atoms with Crippen LogP contribution in [0.15, 0.2) is 82.8 Å². The molecule has 4 fully saturated rings. The summed E-state index contributed by atoms with van der Waals surface area (Å²) in [7, 11) is 1.51. The molecular weight excluding hydrogens is 603 g/mol. The molecule has 1 aliphatic heterocycles. The molecule has 3 aromatic carbocycles. The SMILES string of the molecule is COc1ccc(CCn2cnc3cc(NC(=NC4CC5CC(C4C)C5(C)C)N4CCN(Cc5ccccc5)CC4)ccc3c2=O)c(F)c1. The Balaban J connectivity index is 1.09. The van der Waals surface area contributed by atoms with Crippen LogP contribution in [-0.2, 0) is 19.5 Å². The molecule has 8 nitrogen and oxygen atoms in total. The lowest BCUT2D eigenvalue weighted by atomic mass is 9.45. The molecule has 0 amide bonds. The van der Waals surface area contributed by atoms with Crippen molar-refractivity contribution in [1.29, 1.82) is 0 Å². The van der Waals surface area contributed by atoms with E-state index in [1.54, 1.807) is 23.0 Å². The van der Waals surface area contributed by atoms with Gasteiger partial charge in [0, 0.05) is 51.0 Å². The quantitative estimate of drug-likeness (QED) is 0.175. The molecule has 252 valence electrons. The fraction of sp³-hybridized carbons (Fsp3) is 0.462. The van der Waals surface area contributed by atoms with Crippen LogP contribution in [0.1, 0.15) is 44.7 Å². The number of guanidine groups is 1. The maximum atomic E-state index is 14.5. The summed E-state index contributed by atoms with van der Waals surface area (Å²) in [6.07, 6.45) is 4.39. The predicted octanol–water partition coefficient (Wildman–Crippen LogP) is 6.44. The van der Waals surface area contributed by atoms with Gasteiger partial charge in [0.2, 0.25) is 0 Å². The van der Waals surface area contributed by atoms with Crippen molar-refractivity contribution >= 4 is 22.5 Å². The molecule has 1 aromatic heterocycles. The molecule has 0 radical (unpaired) electrons. The maximum Gasteiger partial charge on any atom is 0.261 e. The van der Waals surface area contributed by atoms with Crippen molar-refractivity contribution in [2.24, 2.45) is 28.2 Å². The largest absolute Gasteiger partial charge is 0.497 e. The van der Waals surface area contributed by atoms with Crippen LogP contribution in [0.3, 0.4) is 0 Å². The third kappa shape index (κ3) is 6.44. The molecule has 2 heterocycles. The van der Waals surface area contributed by atoms with Crippen LogP contribution in [0, 0.1) is 29.0 Å². The maximum absolute atomic E-state index is 14.5. The second kappa shape index (κ2) is 13.3. The zero-order valence-electron chi connectivity index (χ0n) is 28.5. The van der Waals surface area contributed by atoms with Crippen LogP contribution in [0.25, 0.3) is 10.9 Å². The molecule has 1 saturated heterocycles. The molecule has 3 saturated carbocycles. The number of rotatable bonds is 8. The van der Waals surface area contributed by atoms with E-state index in [1.165, 1.54) is 25.2 Å². The van der Waals surface area contributed by atoms with Gasteiger partial charge in [0.15, 0.2) is 5.96 Å². The van der Waals surface area contributed by atoms with E-state index >= 15 is 0 Å². The summed E-state index contributed by atoms with van der Waals surface area (Å²) in [5.41, 5.74) is 3.63. The number of hydrogen-bond donors (Lipinski definition) is 1. The smallest absolute Gasteiger partial charge is 0.261 e. The second-order valence-corrected chi connectivity index (χ2v) is 14.5. The Kier molecular flexibility index (Phi) is 8.98. The summed E-state index contributed by atoms with van der Waals surface area (Å²) < 4.78 is 21.2. The third-order valence-electron chi connectivity index (χ3n) is 11.5. The number of aromatic nitrogens is 2. The monoisotopic (exact) mass is 650 g/mol. The van der Waals surface area contributed by atoms with E-state index in [4.69, 9.17) is 9.73 Å². The van der Waals surface area contributed by atoms with Crippen molar-refractivity contribution in [2.45, 2.75) is 59.2 Å². The molecule has 4 atom stereocenters. The summed E-state index contributed by atoms with van der Waals surface area (Å²) in [4.78, 5) is 28.4. The Labute approximate surface area is 282 Å². The van der Waals surface area contributed by atoms with Crippen LogP contribution < -0.4 is 15.6 Å². The third-order valence-corrected chi connectivity index (χ3v) is 11.5. The van der Waals surface area contributed by atoms with E-state index in [0.717, 1.165) is 56.7 Å². The summed E-state index contributed by atoms with van der Waals surface area (Å²) in [6, 6.07) is 21.5. The number of piperazine rings is 1. The highest BCUT2D eigenvalue weighted by Crippen LogP contribution is 2.61. The highest BCUT2D eigenvalue weighted by molar-refractivity contribution is 5.96. The van der Waals surface area contributed by atoms with Gasteiger partial charge < -0.3 is 15.0 Å². The van der Waals surface area contributed by atoms with E-state index in [-0.39, 0.29) is 17.4 Å². The first kappa shape index (κ1) is 32.3. The lowest BCUT2D eigenvalue weighted by molar-refractivity contribution is -0.108. The number of anilines is 1. The molecule has 3 aliphatic carbocycles. The fourth-order valence-electron chi connectivity index (χ4n) is 8.23. The van der Waals surface area contributed by atoms with E-state index < -0.39 is 0 Å². The van der Waals surface area contributed by atoms with E-state index in [2.05, 4.69) is 71.2 Å². The standard InChI is InChI=1S/C39H47FN6O2/c1-26-33-20-29(39(33,2)3)21-35(26)43-38(45-18-16-44(17-19-45)24-27-8-6-5-7-9-27)42-30-11-13-32-36(22-30)41-25-46(37(32)47)15-14-28-10-12-31(48-4)23-34(28)40/h5-13,22-23,25-26,29,33,35H,14-21,24H2,1-4H3,(H,42,43). The molecule has 4 aromatic rings. The van der Waals surface area contributed by atoms with Gasteiger partial charge in [-0.25, -0.2) is 14.4 Å². The van der Waals surface area contributed by atoms with E-state index in [1.807, 2.05) is 18.2 Å². The first-order valence-electron chi connectivity index (χ1n) is 17.4. The molecule has 2 bridgehead atoms. The fourth-order valence-corrected chi connectivity index (χ4v) is 8.23. The molecule has 9 heteroatoms. The number of methoxy groups -OCH3 is 1. The van der Waals surface area contributed by atoms with Gasteiger partial charge in [-0.05, 0) is 77.8 Å². The Morgan fingerprint density at radius 2 is 1.83 bits per heavy atom. The minimum absolute atomic E-state index is 0.137. The lowest BCUT2D eigenvalue weighted by Gasteiger charge is -2.61. The molecular formula is C39H47FN6O2. The number of nitrogens with one attached hydrogen (secondary N) is 1. The highest BCUT2D eigenvalue weighted by Gasteiger charge is 2.56. The van der Waals surface area contributed by atoms with Crippen molar-refractivity contribution in [1.82, 2.24) is 19.4 Å². The van der Waals surface area contributed by atoms with Gasteiger partial charge in [-0.15, -0.1) is 0 Å². The van der Waals surface area contributed by atoms with Crippen LogP contribution in [-0.4, -0.2) is 64.6 Å². The van der Waals surface area contributed by atoms with Gasteiger partial charge in [-0.1, -0.05) is 57.2 Å². The molecule has 4 unspecified atom stereocenters. The van der Waals surface area contributed by atoms with Crippen molar-refractivity contribution in [3.63, 3.8) is 0 Å². The zero-order valence-corrected chi connectivity index (χ0v) is 28.5. The normalized spacial score (nSPS) is 23.9. The molecule has 48 heavy (non-hydrogen) atoms. The second-order valence-electron chi connectivity index (χ2n) is 14.5. The lowest BCUT2D eigenvalue weighted by Crippen LogP contribution is -2.57. The summed E-state index contributed by atoms with van der Waals surface area (Å²) in [6.45, 7) is 12.3. The van der Waals surface area contributed by atoms with Crippen LogP contribution in [0.4, 0.5) is 10.1 Å². The van der Waals surface area contributed by atoms with Crippen molar-refractivity contribution in [3.05, 3.63) is 100 Å². The summed E-state index contributed by atoms with van der Waals surface area (Å²) >= 11 is 0. The number of hydrogen-bond acceptors (Lipinski definition) is 5. The van der Waals surface area contributed by atoms with E-state index in [9.17, 15) is 9.18 Å². The van der Waals surface area contributed by atoms with Gasteiger partial charge in [0.05, 0.1) is 30.4 Å². The van der Waals surface area contributed by atoms with Gasteiger partial charge >= 0.3 is 0 Å². The van der Waals surface area contributed by atoms with Crippen molar-refractivity contribution < 1.29 is 9.13 Å². The Morgan fingerprint density at radius 3 is 2.54 bits per heavy atom. The Hall–Kier alpha value is -4.24. The number of ether oxygens (including phenoxy) is 1. The first-order chi connectivity index (χ1) is 23.2. The summed E-state index contributed by atoms with van der Waals surface area (Å²) in [5.74, 6) is 3.01. The van der Waals surface area contributed by atoms with Gasteiger partial charge in [-0.2, -0.15) is 0 Å². The number of halogens is 1. The van der Waals surface area contributed by atoms with Crippen molar-refractivity contribution in [2.75, 3.05) is 38.6 Å². The minimum Gasteiger partial charge on any atom is -0.497 e. The van der Waals surface area contributed by atoms with Crippen LogP contribution >= 0.6 is 0 Å². The number of nitrogens with zero attached hydrogens (tertiary/aromatic N) is 5. The Bertz CT molecular complexity index is 1850. The number of benzene rings is 3. The molecule has 4 aliphatic rings. The zero-order chi connectivity index (χ0) is 33.4. The van der Waals surface area contributed by atoms with Crippen LogP contribution in [0.5, 0.6) is 5.75 Å². The summed E-state index contributed by atoms with van der Waals surface area (Å²) in [5, 5.41) is 4.21. The van der Waals surface area contributed by atoms with Crippen molar-refractivity contribution in [3.8, 4) is 5.75 Å². The average molecular weight is 651 g/mol. The van der Waals surface area contributed by atoms with Crippen LogP contribution in [0.2, 0.25) is 0 Å². The van der Waals surface area contributed by atoms with E-state index in [0.29, 0.717) is 52.4 Å². The van der Waals surface area contributed by atoms with Gasteiger partial charge in [0.1, 0.15) is 11.6 Å². The predicted molar refractivity (Wildman–Crippen MR) is 190 cm³/mol. The molecule has 0 spiro atoms. The Morgan fingerprint density at radius 1 is 1.04 bits per heavy atom.